The molecule has 5 nitrogen and oxygen atoms in total. The highest BCUT2D eigenvalue weighted by atomic mass is 79.9. The third-order valence-electron chi connectivity index (χ3n) is 3.75. The van der Waals surface area contributed by atoms with Crippen molar-refractivity contribution < 1.29 is 4.79 Å². The standard InChI is InChI=1S/C19H19BrN4OS/c1-3-26-19-23-22-17(24(19)16-9-7-15(20)8-10-16)12-21-18(25)14-6-4-5-13(2)11-14/h4-11H,3,12H2,1-2H3,(H,21,25). The topological polar surface area (TPSA) is 59.8 Å². The van der Waals surface area contributed by atoms with Gasteiger partial charge in [0.25, 0.3) is 5.91 Å². The maximum atomic E-state index is 12.4. The SMILES string of the molecule is CCSc1nnc(CNC(=O)c2cccc(C)c2)n1-c1ccc(Br)cc1. The van der Waals surface area contributed by atoms with Crippen LogP contribution < -0.4 is 5.32 Å². The molecule has 3 rings (SSSR count). The van der Waals surface area contributed by atoms with Crippen LogP contribution in [0.3, 0.4) is 0 Å². The molecule has 26 heavy (non-hydrogen) atoms. The van der Waals surface area contributed by atoms with E-state index in [0.29, 0.717) is 17.9 Å². The monoisotopic (exact) mass is 430 g/mol. The summed E-state index contributed by atoms with van der Waals surface area (Å²) in [5.74, 6) is 1.47. The number of amides is 1. The third-order valence-corrected chi connectivity index (χ3v) is 5.09. The summed E-state index contributed by atoms with van der Waals surface area (Å²) in [5.41, 5.74) is 2.66. The molecule has 2 aromatic carbocycles. The lowest BCUT2D eigenvalue weighted by molar-refractivity contribution is 0.0949. The van der Waals surface area contributed by atoms with Crippen molar-refractivity contribution in [2.45, 2.75) is 25.5 Å². The molecule has 7 heteroatoms. The molecule has 0 bridgehead atoms. The van der Waals surface area contributed by atoms with Crippen LogP contribution in [0.15, 0.2) is 58.2 Å². The first-order chi connectivity index (χ1) is 12.6. The van der Waals surface area contributed by atoms with Crippen LogP contribution in [-0.4, -0.2) is 26.4 Å². The molecule has 0 atom stereocenters. The van der Waals surface area contributed by atoms with Crippen molar-refractivity contribution >= 4 is 33.6 Å². The van der Waals surface area contributed by atoms with Crippen LogP contribution in [0, 0.1) is 6.92 Å². The molecule has 0 spiro atoms. The third kappa shape index (κ3) is 4.34. The predicted octanol–water partition coefficient (Wildman–Crippen LogP) is 4.38. The maximum Gasteiger partial charge on any atom is 0.251 e. The molecular weight excluding hydrogens is 412 g/mol. The zero-order valence-corrected chi connectivity index (χ0v) is 17.0. The number of aromatic nitrogens is 3. The van der Waals surface area contributed by atoms with E-state index in [0.717, 1.165) is 26.6 Å². The lowest BCUT2D eigenvalue weighted by Crippen LogP contribution is -2.24. The van der Waals surface area contributed by atoms with Crippen LogP contribution in [0.2, 0.25) is 0 Å². The molecule has 1 N–H and O–H groups in total. The quantitative estimate of drug-likeness (QED) is 0.589. The average molecular weight is 431 g/mol. The van der Waals surface area contributed by atoms with E-state index in [2.05, 4.69) is 38.4 Å². The lowest BCUT2D eigenvalue weighted by atomic mass is 10.1. The van der Waals surface area contributed by atoms with Gasteiger partial charge in [-0.3, -0.25) is 9.36 Å². The number of nitrogens with zero attached hydrogens (tertiary/aromatic N) is 3. The normalized spacial score (nSPS) is 10.7. The molecule has 0 unspecified atom stereocenters. The van der Waals surface area contributed by atoms with Crippen LogP contribution in [0.25, 0.3) is 5.69 Å². The summed E-state index contributed by atoms with van der Waals surface area (Å²) in [7, 11) is 0. The molecule has 1 heterocycles. The smallest absolute Gasteiger partial charge is 0.251 e. The number of aryl methyl sites for hydroxylation is 1. The Kier molecular flexibility index (Phi) is 6.11. The van der Waals surface area contributed by atoms with Crippen molar-refractivity contribution in [1.82, 2.24) is 20.1 Å². The predicted molar refractivity (Wildman–Crippen MR) is 108 cm³/mol. The largest absolute Gasteiger partial charge is 0.345 e. The van der Waals surface area contributed by atoms with Crippen molar-refractivity contribution in [3.8, 4) is 5.69 Å². The summed E-state index contributed by atoms with van der Waals surface area (Å²) in [5, 5.41) is 12.3. The molecule has 0 aliphatic rings. The van der Waals surface area contributed by atoms with Gasteiger partial charge in [0.05, 0.1) is 6.54 Å². The zero-order valence-electron chi connectivity index (χ0n) is 14.6. The van der Waals surface area contributed by atoms with Gasteiger partial charge in [0.15, 0.2) is 11.0 Å². The fraction of sp³-hybridized carbons (Fsp3) is 0.211. The number of carbonyl (C=O) groups is 1. The lowest BCUT2D eigenvalue weighted by Gasteiger charge is -2.11. The highest BCUT2D eigenvalue weighted by molar-refractivity contribution is 9.10. The van der Waals surface area contributed by atoms with E-state index in [1.54, 1.807) is 17.8 Å². The van der Waals surface area contributed by atoms with E-state index >= 15 is 0 Å². The molecule has 1 amide bonds. The van der Waals surface area contributed by atoms with Crippen molar-refractivity contribution in [1.29, 1.82) is 0 Å². The second kappa shape index (κ2) is 8.51. The molecule has 0 aliphatic heterocycles. The molecule has 3 aromatic rings. The molecule has 0 saturated carbocycles. The Morgan fingerprint density at radius 2 is 1.96 bits per heavy atom. The minimum Gasteiger partial charge on any atom is -0.345 e. The van der Waals surface area contributed by atoms with Gasteiger partial charge < -0.3 is 5.32 Å². The number of hydrogen-bond acceptors (Lipinski definition) is 4. The van der Waals surface area contributed by atoms with Gasteiger partial charge in [-0.2, -0.15) is 0 Å². The molecule has 0 radical (unpaired) electrons. The maximum absolute atomic E-state index is 12.4. The Morgan fingerprint density at radius 3 is 2.65 bits per heavy atom. The molecular formula is C19H19BrN4OS. The summed E-state index contributed by atoms with van der Waals surface area (Å²) in [6.07, 6.45) is 0. The van der Waals surface area contributed by atoms with Crippen LogP contribution in [0.1, 0.15) is 28.7 Å². The van der Waals surface area contributed by atoms with Gasteiger partial charge in [0.2, 0.25) is 0 Å². The number of thioether (sulfide) groups is 1. The first-order valence-corrected chi connectivity index (χ1v) is 10.0. The Labute approximate surface area is 165 Å². The summed E-state index contributed by atoms with van der Waals surface area (Å²) in [6, 6.07) is 15.5. The van der Waals surface area contributed by atoms with E-state index in [1.807, 2.05) is 54.0 Å². The van der Waals surface area contributed by atoms with Crippen molar-refractivity contribution in [3.05, 3.63) is 70.0 Å². The van der Waals surface area contributed by atoms with E-state index in [1.165, 1.54) is 0 Å². The minimum atomic E-state index is -0.122. The van der Waals surface area contributed by atoms with Gasteiger partial charge in [-0.25, -0.2) is 0 Å². The van der Waals surface area contributed by atoms with Gasteiger partial charge in [0, 0.05) is 15.7 Å². The zero-order chi connectivity index (χ0) is 18.5. The Balaban J connectivity index is 1.83. The fourth-order valence-corrected chi connectivity index (χ4v) is 3.50. The van der Waals surface area contributed by atoms with Crippen molar-refractivity contribution in [2.75, 3.05) is 5.75 Å². The summed E-state index contributed by atoms with van der Waals surface area (Å²) < 4.78 is 2.99. The Morgan fingerprint density at radius 1 is 1.19 bits per heavy atom. The first-order valence-electron chi connectivity index (χ1n) is 8.26. The number of nitrogens with one attached hydrogen (secondary N) is 1. The number of halogens is 1. The van der Waals surface area contributed by atoms with Crippen LogP contribution in [-0.2, 0) is 6.54 Å². The van der Waals surface area contributed by atoms with E-state index in [4.69, 9.17) is 0 Å². The second-order valence-corrected chi connectivity index (χ2v) is 7.84. The Hall–Kier alpha value is -2.12. The Bertz CT molecular complexity index is 908. The van der Waals surface area contributed by atoms with Gasteiger partial charge in [0.1, 0.15) is 0 Å². The van der Waals surface area contributed by atoms with E-state index in [-0.39, 0.29) is 5.91 Å². The number of hydrogen-bond donors (Lipinski definition) is 1. The minimum absolute atomic E-state index is 0.122. The fourth-order valence-electron chi connectivity index (χ4n) is 2.53. The molecule has 0 fully saturated rings. The van der Waals surface area contributed by atoms with Gasteiger partial charge >= 0.3 is 0 Å². The number of benzene rings is 2. The molecule has 0 aliphatic carbocycles. The summed E-state index contributed by atoms with van der Waals surface area (Å²) >= 11 is 5.07. The van der Waals surface area contributed by atoms with Gasteiger partial charge in [-0.15, -0.1) is 10.2 Å². The van der Waals surface area contributed by atoms with Crippen LogP contribution in [0.4, 0.5) is 0 Å². The number of carbonyl (C=O) groups excluding carboxylic acids is 1. The first kappa shape index (κ1) is 18.7. The summed E-state index contributed by atoms with van der Waals surface area (Å²) in [6.45, 7) is 4.35. The van der Waals surface area contributed by atoms with Crippen LogP contribution >= 0.6 is 27.7 Å². The highest BCUT2D eigenvalue weighted by Gasteiger charge is 2.15. The van der Waals surface area contributed by atoms with Crippen molar-refractivity contribution in [2.24, 2.45) is 0 Å². The van der Waals surface area contributed by atoms with Crippen LogP contribution in [0.5, 0.6) is 0 Å². The molecule has 0 saturated heterocycles. The highest BCUT2D eigenvalue weighted by Crippen LogP contribution is 2.23. The van der Waals surface area contributed by atoms with Gasteiger partial charge in [-0.1, -0.05) is 52.3 Å². The van der Waals surface area contributed by atoms with Gasteiger partial charge in [-0.05, 0) is 49.1 Å². The average Bonchev–Trinajstić information content (AvgIpc) is 3.03. The van der Waals surface area contributed by atoms with E-state index < -0.39 is 0 Å². The summed E-state index contributed by atoms with van der Waals surface area (Å²) in [4.78, 5) is 12.4. The molecule has 1 aromatic heterocycles. The molecule has 134 valence electrons. The van der Waals surface area contributed by atoms with Crippen molar-refractivity contribution in [3.63, 3.8) is 0 Å². The van der Waals surface area contributed by atoms with E-state index in [9.17, 15) is 4.79 Å². The number of rotatable bonds is 6. The second-order valence-electron chi connectivity index (χ2n) is 5.70.